The van der Waals surface area contributed by atoms with Crippen molar-refractivity contribution in [1.82, 2.24) is 25.5 Å². The van der Waals surface area contributed by atoms with Crippen molar-refractivity contribution < 1.29 is 4.79 Å². The van der Waals surface area contributed by atoms with Gasteiger partial charge in [-0.05, 0) is 13.3 Å². The first-order valence-corrected chi connectivity index (χ1v) is 6.70. The van der Waals surface area contributed by atoms with Gasteiger partial charge in [0.1, 0.15) is 5.82 Å². The summed E-state index contributed by atoms with van der Waals surface area (Å²) in [5.41, 5.74) is 0.632. The number of aromatic amines is 1. The van der Waals surface area contributed by atoms with Crippen LogP contribution in [0.5, 0.6) is 0 Å². The molecule has 0 aromatic carbocycles. The fourth-order valence-corrected chi connectivity index (χ4v) is 1.70. The van der Waals surface area contributed by atoms with E-state index in [0.29, 0.717) is 24.0 Å². The van der Waals surface area contributed by atoms with E-state index in [4.69, 9.17) is 0 Å². The molecule has 0 aliphatic carbocycles. The Bertz CT molecular complexity index is 580. The molecule has 0 spiro atoms. The lowest BCUT2D eigenvalue weighted by molar-refractivity contribution is -0.119. The zero-order chi connectivity index (χ0) is 14.4. The lowest BCUT2D eigenvalue weighted by atomic mass is 10.4. The van der Waals surface area contributed by atoms with Crippen LogP contribution in [-0.2, 0) is 4.79 Å². The van der Waals surface area contributed by atoms with Crippen LogP contribution in [0, 0.1) is 0 Å². The van der Waals surface area contributed by atoms with Gasteiger partial charge in [0.05, 0.1) is 18.1 Å². The van der Waals surface area contributed by atoms with E-state index in [1.54, 1.807) is 6.20 Å². The van der Waals surface area contributed by atoms with Crippen LogP contribution < -0.4 is 16.0 Å². The van der Waals surface area contributed by atoms with Crippen LogP contribution >= 0.6 is 0 Å². The first-order chi connectivity index (χ1) is 9.74. The summed E-state index contributed by atoms with van der Waals surface area (Å²) >= 11 is 0. The molecule has 0 aliphatic rings. The van der Waals surface area contributed by atoms with E-state index in [-0.39, 0.29) is 12.5 Å². The van der Waals surface area contributed by atoms with E-state index in [1.165, 1.54) is 0 Å². The maximum absolute atomic E-state index is 11.6. The van der Waals surface area contributed by atoms with Crippen molar-refractivity contribution in [3.05, 3.63) is 6.20 Å². The lowest BCUT2D eigenvalue weighted by Gasteiger charge is -2.09. The smallest absolute Gasteiger partial charge is 0.239 e. The van der Waals surface area contributed by atoms with Crippen molar-refractivity contribution in [3.8, 4) is 0 Å². The molecule has 8 heteroatoms. The van der Waals surface area contributed by atoms with E-state index in [2.05, 4.69) is 36.1 Å². The molecule has 1 amide bonds. The first kappa shape index (κ1) is 14.0. The predicted octanol–water partition coefficient (Wildman–Crippen LogP) is 0.723. The maximum Gasteiger partial charge on any atom is 0.239 e. The Morgan fingerprint density at radius 3 is 2.90 bits per heavy atom. The minimum absolute atomic E-state index is 0.0629. The summed E-state index contributed by atoms with van der Waals surface area (Å²) < 4.78 is 0. The highest BCUT2D eigenvalue weighted by Crippen LogP contribution is 2.19. The van der Waals surface area contributed by atoms with Crippen LogP contribution in [0.4, 0.5) is 11.8 Å². The van der Waals surface area contributed by atoms with E-state index >= 15 is 0 Å². The van der Waals surface area contributed by atoms with Crippen molar-refractivity contribution in [1.29, 1.82) is 0 Å². The molecule has 4 N–H and O–H groups in total. The molecular weight excluding hydrogens is 258 g/mol. The van der Waals surface area contributed by atoms with E-state index in [0.717, 1.165) is 18.4 Å². The zero-order valence-electron chi connectivity index (χ0n) is 11.7. The Morgan fingerprint density at radius 2 is 2.15 bits per heavy atom. The summed E-state index contributed by atoms with van der Waals surface area (Å²) in [7, 11) is 0. The average molecular weight is 277 g/mol. The molecule has 0 unspecified atom stereocenters. The average Bonchev–Trinajstić information content (AvgIpc) is 2.91. The summed E-state index contributed by atoms with van der Waals surface area (Å²) in [6, 6.07) is 0. The van der Waals surface area contributed by atoms with Crippen LogP contribution in [0.2, 0.25) is 0 Å². The van der Waals surface area contributed by atoms with Gasteiger partial charge >= 0.3 is 0 Å². The number of carbonyl (C=O) groups is 1. The summed E-state index contributed by atoms with van der Waals surface area (Å²) in [6.07, 6.45) is 2.55. The van der Waals surface area contributed by atoms with Gasteiger partial charge in [-0.15, -0.1) is 0 Å². The van der Waals surface area contributed by atoms with Gasteiger partial charge in [0, 0.05) is 13.1 Å². The van der Waals surface area contributed by atoms with Gasteiger partial charge in [-0.1, -0.05) is 6.92 Å². The summed E-state index contributed by atoms with van der Waals surface area (Å²) in [6.45, 7) is 5.54. The number of aromatic nitrogens is 4. The molecule has 8 nitrogen and oxygen atoms in total. The molecule has 20 heavy (non-hydrogen) atoms. The minimum atomic E-state index is -0.0629. The minimum Gasteiger partial charge on any atom is -0.360 e. The van der Waals surface area contributed by atoms with Crippen LogP contribution in [0.15, 0.2) is 6.20 Å². The molecule has 0 saturated carbocycles. The number of rotatable bonds is 7. The van der Waals surface area contributed by atoms with Gasteiger partial charge < -0.3 is 16.0 Å². The quantitative estimate of drug-likeness (QED) is 0.594. The van der Waals surface area contributed by atoms with Gasteiger partial charge in [-0.2, -0.15) is 15.1 Å². The molecule has 0 bridgehead atoms. The van der Waals surface area contributed by atoms with Crippen molar-refractivity contribution in [2.24, 2.45) is 0 Å². The van der Waals surface area contributed by atoms with E-state index in [1.807, 2.05) is 13.8 Å². The van der Waals surface area contributed by atoms with Gasteiger partial charge in [-0.25, -0.2) is 0 Å². The van der Waals surface area contributed by atoms with Gasteiger partial charge in [-0.3, -0.25) is 9.89 Å². The molecule has 0 radical (unpaired) electrons. The normalized spacial score (nSPS) is 10.5. The van der Waals surface area contributed by atoms with Crippen molar-refractivity contribution >= 4 is 28.7 Å². The SMILES string of the molecule is CCCNC(=O)CNc1nc(NCC)nc2[nH]ncc12. The molecule has 0 fully saturated rings. The highest BCUT2D eigenvalue weighted by atomic mass is 16.1. The Labute approximate surface area is 116 Å². The standard InChI is InChI=1S/C12H19N7O/c1-3-5-14-9(20)7-15-10-8-6-16-19-11(8)18-12(17-10)13-4-2/h6H,3-5,7H2,1-2H3,(H,14,20)(H3,13,15,16,17,18,19). The fourth-order valence-electron chi connectivity index (χ4n) is 1.70. The molecule has 0 aliphatic heterocycles. The summed E-state index contributed by atoms with van der Waals surface area (Å²) in [5.74, 6) is 1.03. The van der Waals surface area contributed by atoms with Crippen LogP contribution in [0.25, 0.3) is 11.0 Å². The third-order valence-corrected chi connectivity index (χ3v) is 2.63. The Balaban J connectivity index is 2.11. The fraction of sp³-hybridized carbons (Fsp3) is 0.500. The van der Waals surface area contributed by atoms with Crippen molar-refractivity contribution in [3.63, 3.8) is 0 Å². The number of nitrogens with zero attached hydrogens (tertiary/aromatic N) is 3. The number of carbonyl (C=O) groups excluding carboxylic acids is 1. The van der Waals surface area contributed by atoms with Gasteiger partial charge in [0.15, 0.2) is 5.65 Å². The van der Waals surface area contributed by atoms with Crippen LogP contribution in [0.1, 0.15) is 20.3 Å². The second-order valence-corrected chi connectivity index (χ2v) is 4.26. The Hall–Kier alpha value is -2.38. The number of H-pyrrole nitrogens is 1. The number of nitrogens with one attached hydrogen (secondary N) is 4. The zero-order valence-corrected chi connectivity index (χ0v) is 11.7. The van der Waals surface area contributed by atoms with Gasteiger partial charge in [0.2, 0.25) is 11.9 Å². The molecule has 2 aromatic rings. The third-order valence-electron chi connectivity index (χ3n) is 2.63. The topological polar surface area (TPSA) is 108 Å². The number of amides is 1. The largest absolute Gasteiger partial charge is 0.360 e. The third kappa shape index (κ3) is 3.34. The van der Waals surface area contributed by atoms with Crippen molar-refractivity contribution in [2.45, 2.75) is 20.3 Å². The highest BCUT2D eigenvalue weighted by molar-refractivity contribution is 5.89. The van der Waals surface area contributed by atoms with E-state index < -0.39 is 0 Å². The monoisotopic (exact) mass is 277 g/mol. The lowest BCUT2D eigenvalue weighted by Crippen LogP contribution is -2.30. The highest BCUT2D eigenvalue weighted by Gasteiger charge is 2.10. The Morgan fingerprint density at radius 1 is 1.30 bits per heavy atom. The molecule has 2 aromatic heterocycles. The first-order valence-electron chi connectivity index (χ1n) is 6.70. The van der Waals surface area contributed by atoms with Crippen LogP contribution in [0.3, 0.4) is 0 Å². The second kappa shape index (κ2) is 6.69. The molecule has 2 heterocycles. The molecule has 2 rings (SSSR count). The summed E-state index contributed by atoms with van der Waals surface area (Å²) in [4.78, 5) is 20.2. The Kier molecular flexibility index (Phi) is 4.70. The van der Waals surface area contributed by atoms with Gasteiger partial charge in [0.25, 0.3) is 0 Å². The molecule has 108 valence electrons. The molecular formula is C12H19N7O. The second-order valence-electron chi connectivity index (χ2n) is 4.26. The van der Waals surface area contributed by atoms with Crippen molar-refractivity contribution in [2.75, 3.05) is 30.3 Å². The predicted molar refractivity (Wildman–Crippen MR) is 77.6 cm³/mol. The van der Waals surface area contributed by atoms with Crippen LogP contribution in [-0.4, -0.2) is 45.7 Å². The number of anilines is 2. The number of hydrogen-bond acceptors (Lipinski definition) is 6. The maximum atomic E-state index is 11.6. The molecule has 0 atom stereocenters. The summed E-state index contributed by atoms with van der Waals surface area (Å²) in [5, 5.41) is 16.4. The van der Waals surface area contributed by atoms with E-state index in [9.17, 15) is 4.79 Å². The molecule has 0 saturated heterocycles. The number of fused-ring (bicyclic) bond motifs is 1. The number of hydrogen-bond donors (Lipinski definition) is 4.